The van der Waals surface area contributed by atoms with Gasteiger partial charge in [0.05, 0.1) is 0 Å². The molecule has 94 valence electrons. The van der Waals surface area contributed by atoms with E-state index in [1.807, 2.05) is 6.07 Å². The molecule has 2 rings (SSSR count). The van der Waals surface area contributed by atoms with Crippen LogP contribution in [0.25, 0.3) is 0 Å². The van der Waals surface area contributed by atoms with Crippen molar-refractivity contribution in [3.63, 3.8) is 0 Å². The SMILES string of the molecule is CCCC1CCN(c2ccc(CN)c(F)c2)C1. The second-order valence-corrected chi connectivity index (χ2v) is 4.87. The van der Waals surface area contributed by atoms with Crippen LogP contribution in [0.1, 0.15) is 31.7 Å². The standard InChI is InChI=1S/C14H21FN2/c1-2-3-11-6-7-17(10-11)13-5-4-12(9-16)14(15)8-13/h4-5,8,11H,2-3,6-7,9-10,16H2,1H3. The minimum Gasteiger partial charge on any atom is -0.371 e. The van der Waals surface area contributed by atoms with Crippen LogP contribution in [0.3, 0.4) is 0 Å². The molecule has 0 radical (unpaired) electrons. The predicted molar refractivity (Wildman–Crippen MR) is 69.5 cm³/mol. The molecule has 1 aromatic carbocycles. The molecule has 1 atom stereocenters. The summed E-state index contributed by atoms with van der Waals surface area (Å²) in [5, 5.41) is 0. The highest BCUT2D eigenvalue weighted by molar-refractivity contribution is 5.49. The van der Waals surface area contributed by atoms with Crippen LogP contribution < -0.4 is 10.6 Å². The monoisotopic (exact) mass is 236 g/mol. The van der Waals surface area contributed by atoms with Gasteiger partial charge in [0.2, 0.25) is 0 Å². The average molecular weight is 236 g/mol. The third-order valence-electron chi connectivity index (χ3n) is 3.60. The van der Waals surface area contributed by atoms with Crippen molar-refractivity contribution in [2.45, 2.75) is 32.7 Å². The lowest BCUT2D eigenvalue weighted by Crippen LogP contribution is -2.20. The molecule has 1 unspecified atom stereocenters. The predicted octanol–water partition coefficient (Wildman–Crippen LogP) is 2.91. The maximum absolute atomic E-state index is 13.6. The number of nitrogens with two attached hydrogens (primary N) is 1. The molecule has 1 heterocycles. The van der Waals surface area contributed by atoms with Crippen molar-refractivity contribution >= 4 is 5.69 Å². The average Bonchev–Trinajstić information content (AvgIpc) is 2.78. The zero-order valence-electron chi connectivity index (χ0n) is 10.5. The van der Waals surface area contributed by atoms with E-state index in [1.54, 1.807) is 12.1 Å². The van der Waals surface area contributed by atoms with Gasteiger partial charge in [-0.2, -0.15) is 0 Å². The van der Waals surface area contributed by atoms with Gasteiger partial charge in [0.15, 0.2) is 0 Å². The Balaban J connectivity index is 2.06. The molecule has 3 heteroatoms. The second kappa shape index (κ2) is 5.50. The van der Waals surface area contributed by atoms with Gasteiger partial charge in [0.25, 0.3) is 0 Å². The van der Waals surface area contributed by atoms with E-state index in [4.69, 9.17) is 5.73 Å². The molecule has 0 amide bonds. The lowest BCUT2D eigenvalue weighted by atomic mass is 10.0. The normalized spacial score (nSPS) is 19.9. The first-order valence-electron chi connectivity index (χ1n) is 6.48. The number of anilines is 1. The van der Waals surface area contributed by atoms with E-state index >= 15 is 0 Å². The van der Waals surface area contributed by atoms with Gasteiger partial charge in [0.1, 0.15) is 5.82 Å². The van der Waals surface area contributed by atoms with E-state index in [0.29, 0.717) is 5.56 Å². The Kier molecular flexibility index (Phi) is 4.00. The highest BCUT2D eigenvalue weighted by atomic mass is 19.1. The fourth-order valence-corrected chi connectivity index (χ4v) is 2.61. The van der Waals surface area contributed by atoms with Gasteiger partial charge in [-0.05, 0) is 30.9 Å². The van der Waals surface area contributed by atoms with E-state index < -0.39 is 0 Å². The maximum atomic E-state index is 13.6. The van der Waals surface area contributed by atoms with Gasteiger partial charge in [-0.15, -0.1) is 0 Å². The fraction of sp³-hybridized carbons (Fsp3) is 0.571. The number of benzene rings is 1. The van der Waals surface area contributed by atoms with Crippen LogP contribution in [0.4, 0.5) is 10.1 Å². The Labute approximate surface area is 103 Å². The smallest absolute Gasteiger partial charge is 0.129 e. The molecule has 0 spiro atoms. The molecule has 1 aromatic rings. The van der Waals surface area contributed by atoms with Crippen molar-refractivity contribution in [3.8, 4) is 0 Å². The highest BCUT2D eigenvalue weighted by Crippen LogP contribution is 2.27. The summed E-state index contributed by atoms with van der Waals surface area (Å²) in [6, 6.07) is 5.41. The van der Waals surface area contributed by atoms with E-state index in [2.05, 4.69) is 11.8 Å². The third-order valence-corrected chi connectivity index (χ3v) is 3.60. The summed E-state index contributed by atoms with van der Waals surface area (Å²) in [6.07, 6.45) is 3.74. The summed E-state index contributed by atoms with van der Waals surface area (Å²) >= 11 is 0. The first-order chi connectivity index (χ1) is 8.24. The number of hydrogen-bond donors (Lipinski definition) is 1. The molecule has 0 aliphatic carbocycles. The van der Waals surface area contributed by atoms with Gasteiger partial charge in [0, 0.05) is 30.9 Å². The number of rotatable bonds is 4. The topological polar surface area (TPSA) is 29.3 Å². The van der Waals surface area contributed by atoms with Crippen LogP contribution in [0, 0.1) is 11.7 Å². The number of nitrogens with zero attached hydrogens (tertiary/aromatic N) is 1. The summed E-state index contributed by atoms with van der Waals surface area (Å²) in [5.74, 6) is 0.598. The molecule has 0 saturated carbocycles. The molecule has 17 heavy (non-hydrogen) atoms. The highest BCUT2D eigenvalue weighted by Gasteiger charge is 2.22. The van der Waals surface area contributed by atoms with Crippen LogP contribution in [0.15, 0.2) is 18.2 Å². The Morgan fingerprint density at radius 2 is 2.29 bits per heavy atom. The summed E-state index contributed by atoms with van der Waals surface area (Å²) in [7, 11) is 0. The van der Waals surface area contributed by atoms with Crippen LogP contribution in [0.2, 0.25) is 0 Å². The molecule has 1 fully saturated rings. The largest absolute Gasteiger partial charge is 0.371 e. The summed E-state index contributed by atoms with van der Waals surface area (Å²) in [6.45, 7) is 4.60. The van der Waals surface area contributed by atoms with E-state index in [0.717, 1.165) is 24.7 Å². The summed E-state index contributed by atoms with van der Waals surface area (Å²) in [5.41, 5.74) is 7.06. The summed E-state index contributed by atoms with van der Waals surface area (Å²) < 4.78 is 13.6. The first kappa shape index (κ1) is 12.4. The van der Waals surface area contributed by atoms with Gasteiger partial charge >= 0.3 is 0 Å². The second-order valence-electron chi connectivity index (χ2n) is 4.87. The first-order valence-corrected chi connectivity index (χ1v) is 6.48. The molecule has 2 nitrogen and oxygen atoms in total. The van der Waals surface area contributed by atoms with E-state index in [-0.39, 0.29) is 12.4 Å². The molecule has 2 N–H and O–H groups in total. The van der Waals surface area contributed by atoms with Crippen molar-refractivity contribution in [3.05, 3.63) is 29.6 Å². The van der Waals surface area contributed by atoms with Crippen LogP contribution in [-0.2, 0) is 6.54 Å². The van der Waals surface area contributed by atoms with Gasteiger partial charge in [-0.1, -0.05) is 19.4 Å². The molecule has 1 aliphatic heterocycles. The van der Waals surface area contributed by atoms with Gasteiger partial charge < -0.3 is 10.6 Å². The molecule has 0 bridgehead atoms. The van der Waals surface area contributed by atoms with E-state index in [9.17, 15) is 4.39 Å². The van der Waals surface area contributed by atoms with Crippen molar-refractivity contribution in [2.24, 2.45) is 11.7 Å². The lowest BCUT2D eigenvalue weighted by molar-refractivity contribution is 0.529. The fourth-order valence-electron chi connectivity index (χ4n) is 2.61. The van der Waals surface area contributed by atoms with Crippen molar-refractivity contribution in [2.75, 3.05) is 18.0 Å². The Hall–Kier alpha value is -1.09. The maximum Gasteiger partial charge on any atom is 0.129 e. The quantitative estimate of drug-likeness (QED) is 0.871. The Morgan fingerprint density at radius 3 is 2.94 bits per heavy atom. The lowest BCUT2D eigenvalue weighted by Gasteiger charge is -2.19. The van der Waals surface area contributed by atoms with Gasteiger partial charge in [-0.25, -0.2) is 4.39 Å². The minimum absolute atomic E-state index is 0.177. The van der Waals surface area contributed by atoms with E-state index in [1.165, 1.54) is 19.3 Å². The molecule has 1 aliphatic rings. The van der Waals surface area contributed by atoms with Crippen molar-refractivity contribution < 1.29 is 4.39 Å². The van der Waals surface area contributed by atoms with Crippen molar-refractivity contribution in [1.29, 1.82) is 0 Å². The van der Waals surface area contributed by atoms with Crippen molar-refractivity contribution in [1.82, 2.24) is 0 Å². The zero-order valence-corrected chi connectivity index (χ0v) is 10.5. The van der Waals surface area contributed by atoms with Crippen LogP contribution in [0.5, 0.6) is 0 Å². The molecule has 0 aromatic heterocycles. The molecular formula is C14H21FN2. The zero-order chi connectivity index (χ0) is 12.3. The Morgan fingerprint density at radius 1 is 1.47 bits per heavy atom. The third kappa shape index (κ3) is 2.78. The van der Waals surface area contributed by atoms with Crippen LogP contribution >= 0.6 is 0 Å². The van der Waals surface area contributed by atoms with Crippen LogP contribution in [-0.4, -0.2) is 13.1 Å². The summed E-state index contributed by atoms with van der Waals surface area (Å²) in [4.78, 5) is 2.28. The molecular weight excluding hydrogens is 215 g/mol. The van der Waals surface area contributed by atoms with Gasteiger partial charge in [-0.3, -0.25) is 0 Å². The Bertz CT molecular complexity index is 378. The number of hydrogen-bond acceptors (Lipinski definition) is 2. The minimum atomic E-state index is -0.177. The molecule has 1 saturated heterocycles. The number of halogens is 1.